The average molecular weight is 396 g/mol. The summed E-state index contributed by atoms with van der Waals surface area (Å²) in [6.07, 6.45) is 2.36. The van der Waals surface area contributed by atoms with Crippen molar-refractivity contribution in [1.82, 2.24) is 15.0 Å². The predicted molar refractivity (Wildman–Crippen MR) is 94.5 cm³/mol. The minimum atomic E-state index is -4.49. The van der Waals surface area contributed by atoms with Gasteiger partial charge in [0.05, 0.1) is 6.54 Å². The Labute approximate surface area is 155 Å². The lowest BCUT2D eigenvalue weighted by atomic mass is 10.2. The van der Waals surface area contributed by atoms with Crippen LogP contribution in [-0.2, 0) is 14.8 Å². The molecule has 1 aromatic carbocycles. The van der Waals surface area contributed by atoms with Gasteiger partial charge in [-0.2, -0.15) is 0 Å². The molecule has 0 spiro atoms. The van der Waals surface area contributed by atoms with Crippen LogP contribution < -0.4 is 14.9 Å². The van der Waals surface area contributed by atoms with E-state index in [2.05, 4.69) is 10.3 Å². The van der Waals surface area contributed by atoms with Crippen LogP contribution in [-0.4, -0.2) is 45.0 Å². The molecule has 1 saturated heterocycles. The number of aromatic nitrogens is 1. The molecular weight excluding hydrogens is 378 g/mol. The molecule has 0 radical (unpaired) electrons. The minimum Gasteiger partial charge on any atom is -0.354 e. The Hall–Kier alpha value is -2.59. The highest BCUT2D eigenvalue weighted by Crippen LogP contribution is 2.18. The van der Waals surface area contributed by atoms with Crippen molar-refractivity contribution < 1.29 is 22.0 Å². The van der Waals surface area contributed by atoms with E-state index in [1.54, 1.807) is 6.20 Å². The van der Waals surface area contributed by atoms with Gasteiger partial charge in [0, 0.05) is 25.3 Å². The molecule has 27 heavy (non-hydrogen) atoms. The number of hydrogen-bond donors (Lipinski definition) is 2. The molecule has 0 aliphatic carbocycles. The maximum atomic E-state index is 13.6. The number of hydrogen-bond acceptors (Lipinski definition) is 5. The van der Waals surface area contributed by atoms with Gasteiger partial charge in [0.2, 0.25) is 15.9 Å². The van der Waals surface area contributed by atoms with E-state index in [9.17, 15) is 22.0 Å². The van der Waals surface area contributed by atoms with Crippen molar-refractivity contribution in [2.24, 2.45) is 0 Å². The summed E-state index contributed by atoms with van der Waals surface area (Å²) in [5, 5.41) is 2.71. The third-order valence-electron chi connectivity index (χ3n) is 4.14. The monoisotopic (exact) mass is 396 g/mol. The second kappa shape index (κ2) is 7.97. The second-order valence-corrected chi connectivity index (χ2v) is 7.77. The fraction of sp³-hybridized carbons (Fsp3) is 0.294. The fourth-order valence-corrected chi connectivity index (χ4v) is 3.99. The largest absolute Gasteiger partial charge is 0.354 e. The Bertz CT molecular complexity index is 905. The fourth-order valence-electron chi connectivity index (χ4n) is 2.88. The van der Waals surface area contributed by atoms with Gasteiger partial charge in [0.25, 0.3) is 0 Å². The molecule has 1 atom stereocenters. The number of rotatable bonds is 6. The van der Waals surface area contributed by atoms with Crippen LogP contribution in [0.2, 0.25) is 0 Å². The van der Waals surface area contributed by atoms with Gasteiger partial charge in [-0.1, -0.05) is 12.1 Å². The molecule has 2 N–H and O–H groups in total. The van der Waals surface area contributed by atoms with Gasteiger partial charge < -0.3 is 10.2 Å². The van der Waals surface area contributed by atoms with E-state index in [1.807, 2.05) is 27.8 Å². The molecule has 10 heteroatoms. The summed E-state index contributed by atoms with van der Waals surface area (Å²) in [6, 6.07) is 8.10. The van der Waals surface area contributed by atoms with Gasteiger partial charge in [0.1, 0.15) is 17.5 Å². The van der Waals surface area contributed by atoms with Crippen molar-refractivity contribution in [2.45, 2.75) is 17.4 Å². The van der Waals surface area contributed by atoms with Crippen molar-refractivity contribution >= 4 is 21.7 Å². The molecule has 1 aliphatic rings. The topological polar surface area (TPSA) is 91.4 Å². The van der Waals surface area contributed by atoms with Crippen LogP contribution in [0.4, 0.5) is 14.6 Å². The quantitative estimate of drug-likeness (QED) is 0.761. The van der Waals surface area contributed by atoms with Gasteiger partial charge in [-0.25, -0.2) is 26.9 Å². The van der Waals surface area contributed by atoms with E-state index in [0.717, 1.165) is 24.0 Å². The highest BCUT2D eigenvalue weighted by atomic mass is 32.2. The maximum absolute atomic E-state index is 13.6. The number of amides is 1. The van der Waals surface area contributed by atoms with Gasteiger partial charge in [0.15, 0.2) is 4.90 Å². The van der Waals surface area contributed by atoms with E-state index < -0.39 is 39.0 Å². The third kappa shape index (κ3) is 4.58. The molecule has 2 heterocycles. The van der Waals surface area contributed by atoms with Crippen LogP contribution in [0.1, 0.15) is 6.42 Å². The number of anilines is 1. The van der Waals surface area contributed by atoms with Gasteiger partial charge in [-0.15, -0.1) is 0 Å². The first-order chi connectivity index (χ1) is 12.9. The first kappa shape index (κ1) is 19.2. The highest BCUT2D eigenvalue weighted by Gasteiger charge is 2.27. The molecule has 1 amide bonds. The molecule has 0 saturated carbocycles. The molecule has 7 nitrogen and oxygen atoms in total. The summed E-state index contributed by atoms with van der Waals surface area (Å²) in [6.45, 7) is 0.627. The number of benzene rings is 1. The molecule has 0 bridgehead atoms. The van der Waals surface area contributed by atoms with Crippen molar-refractivity contribution in [2.75, 3.05) is 24.5 Å². The number of nitrogens with one attached hydrogen (secondary N) is 2. The molecule has 1 aromatic heterocycles. The van der Waals surface area contributed by atoms with E-state index >= 15 is 0 Å². The van der Waals surface area contributed by atoms with Crippen LogP contribution in [0.25, 0.3) is 0 Å². The summed E-state index contributed by atoms with van der Waals surface area (Å²) in [4.78, 5) is 17.2. The number of carbonyl (C=O) groups excluding carboxylic acids is 1. The van der Waals surface area contributed by atoms with Crippen molar-refractivity contribution in [3.63, 3.8) is 0 Å². The zero-order valence-corrected chi connectivity index (χ0v) is 15.0. The maximum Gasteiger partial charge on any atom is 0.246 e. The lowest BCUT2D eigenvalue weighted by molar-refractivity contribution is -0.120. The van der Waals surface area contributed by atoms with Crippen molar-refractivity contribution in [1.29, 1.82) is 0 Å². The van der Waals surface area contributed by atoms with Gasteiger partial charge in [-0.05, 0) is 30.7 Å². The Morgan fingerprint density at radius 1 is 1.19 bits per heavy atom. The number of halogens is 2. The Morgan fingerprint density at radius 3 is 2.59 bits per heavy atom. The standard InChI is InChI=1S/C17H18F2N4O3S/c18-13-4-3-5-14(19)17(13)27(25,26)21-10-16(24)22-12-7-9-23(11-12)15-6-1-2-8-20-15/h1-6,8,12,21H,7,9-11H2,(H,22,24). The van der Waals surface area contributed by atoms with Crippen LogP contribution in [0.15, 0.2) is 47.5 Å². The van der Waals surface area contributed by atoms with E-state index in [1.165, 1.54) is 0 Å². The molecule has 1 aliphatic heterocycles. The summed E-state index contributed by atoms with van der Waals surface area (Å²) in [5.41, 5.74) is 0. The Balaban J connectivity index is 1.54. The molecule has 2 aromatic rings. The molecule has 144 valence electrons. The average Bonchev–Trinajstić information content (AvgIpc) is 3.09. The van der Waals surface area contributed by atoms with Crippen LogP contribution in [0.5, 0.6) is 0 Å². The highest BCUT2D eigenvalue weighted by molar-refractivity contribution is 7.89. The molecular formula is C17H18F2N4O3S. The van der Waals surface area contributed by atoms with Gasteiger partial charge in [-0.3, -0.25) is 4.79 Å². The van der Waals surface area contributed by atoms with E-state index in [4.69, 9.17) is 0 Å². The summed E-state index contributed by atoms with van der Waals surface area (Å²) in [7, 11) is -4.49. The van der Waals surface area contributed by atoms with Crippen molar-refractivity contribution in [3.8, 4) is 0 Å². The van der Waals surface area contributed by atoms with Crippen LogP contribution in [0, 0.1) is 11.6 Å². The van der Waals surface area contributed by atoms with Crippen LogP contribution in [0.3, 0.4) is 0 Å². The number of nitrogens with zero attached hydrogens (tertiary/aromatic N) is 2. The number of carbonyl (C=O) groups is 1. The van der Waals surface area contributed by atoms with E-state index in [-0.39, 0.29) is 6.04 Å². The molecule has 1 fully saturated rings. The minimum absolute atomic E-state index is 0.172. The second-order valence-electron chi connectivity index (χ2n) is 6.06. The molecule has 3 rings (SSSR count). The third-order valence-corrected chi connectivity index (χ3v) is 5.59. The van der Waals surface area contributed by atoms with E-state index in [0.29, 0.717) is 19.5 Å². The van der Waals surface area contributed by atoms with Gasteiger partial charge >= 0.3 is 0 Å². The lowest BCUT2D eigenvalue weighted by Crippen LogP contribution is -2.43. The first-order valence-electron chi connectivity index (χ1n) is 8.26. The summed E-state index contributed by atoms with van der Waals surface area (Å²) < 4.78 is 53.3. The Morgan fingerprint density at radius 2 is 1.93 bits per heavy atom. The summed E-state index contributed by atoms with van der Waals surface area (Å²) >= 11 is 0. The Kier molecular flexibility index (Phi) is 5.66. The number of pyridine rings is 1. The molecule has 1 unspecified atom stereocenters. The number of sulfonamides is 1. The zero-order chi connectivity index (χ0) is 19.4. The lowest BCUT2D eigenvalue weighted by Gasteiger charge is -2.17. The van der Waals surface area contributed by atoms with Crippen LogP contribution >= 0.6 is 0 Å². The van der Waals surface area contributed by atoms with Crippen molar-refractivity contribution in [3.05, 3.63) is 54.2 Å². The predicted octanol–water partition coefficient (Wildman–Crippen LogP) is 1.03. The SMILES string of the molecule is O=C(CNS(=O)(=O)c1c(F)cccc1F)NC1CCN(c2ccccn2)C1. The zero-order valence-electron chi connectivity index (χ0n) is 14.2. The normalized spacial score (nSPS) is 17.1. The summed E-state index contributed by atoms with van der Waals surface area (Å²) in [5.74, 6) is -2.22. The smallest absolute Gasteiger partial charge is 0.246 e. The first-order valence-corrected chi connectivity index (χ1v) is 9.74.